The van der Waals surface area contributed by atoms with Gasteiger partial charge in [-0.05, 0) is 62.3 Å². The number of nitrogens with one attached hydrogen (secondary N) is 4. The van der Waals surface area contributed by atoms with Crippen LogP contribution in [0.5, 0.6) is 0 Å². The summed E-state index contributed by atoms with van der Waals surface area (Å²) in [5.41, 5.74) is 1.14. The molecule has 5 rings (SSSR count). The zero-order chi connectivity index (χ0) is 41.9. The molecule has 0 spiro atoms. The van der Waals surface area contributed by atoms with Crippen molar-refractivity contribution < 1.29 is 37.0 Å². The van der Waals surface area contributed by atoms with Gasteiger partial charge in [-0.3, -0.25) is 4.79 Å². The maximum atomic E-state index is 15.3. The second-order valence-corrected chi connectivity index (χ2v) is 14.7. The minimum absolute atomic E-state index is 0.00921. The standard InChI is InChI=1S/C41H56F3N7O5.C2H6/c1-3-37(52)46-17-9-4-5-10-18-47-41(54)56-27-28(2)48-40(53)51(25-31-22-45-23-35(31)44)38(30-15-19-55-20-16-30)39-49-36(33-21-32(42)13-14-34(33)43)26-50(39)24-29-11-7-6-8-12-29;1-2/h6-8,11-14,21,26,28,30-31,35,38,45H,3-5,9-10,15-20,22-25,27H2,1-2H3,(H,46,52)(H,47,54)(H,48,53);1-2H3. The van der Waals surface area contributed by atoms with E-state index in [1.165, 1.54) is 0 Å². The molecule has 2 saturated heterocycles. The molecule has 3 heterocycles. The van der Waals surface area contributed by atoms with Crippen LogP contribution in [0, 0.1) is 23.5 Å². The lowest BCUT2D eigenvalue weighted by Crippen LogP contribution is -2.52. The monoisotopic (exact) mass is 813 g/mol. The number of ether oxygens (including phenoxy) is 2. The van der Waals surface area contributed by atoms with Crippen molar-refractivity contribution >= 4 is 18.0 Å². The number of hydrogen-bond donors (Lipinski definition) is 4. The van der Waals surface area contributed by atoms with Crippen LogP contribution in [-0.4, -0.2) is 97.2 Å². The van der Waals surface area contributed by atoms with Crippen LogP contribution in [0.4, 0.5) is 22.8 Å². The van der Waals surface area contributed by atoms with Crippen molar-refractivity contribution in [2.24, 2.45) is 11.8 Å². The van der Waals surface area contributed by atoms with Gasteiger partial charge in [-0.25, -0.2) is 27.7 Å². The van der Waals surface area contributed by atoms with Gasteiger partial charge in [0.05, 0.1) is 17.8 Å². The summed E-state index contributed by atoms with van der Waals surface area (Å²) in [4.78, 5) is 44.9. The molecule has 1 aromatic heterocycles. The van der Waals surface area contributed by atoms with Crippen LogP contribution in [0.15, 0.2) is 54.7 Å². The van der Waals surface area contributed by atoms with E-state index in [1.54, 1.807) is 18.0 Å². The number of rotatable bonds is 19. The highest BCUT2D eigenvalue weighted by atomic mass is 19.1. The zero-order valence-electron chi connectivity index (χ0n) is 34.4. The molecule has 0 aliphatic carbocycles. The molecule has 4 N–H and O–H groups in total. The first kappa shape index (κ1) is 46.1. The van der Waals surface area contributed by atoms with Crippen molar-refractivity contribution in [2.45, 2.75) is 97.4 Å². The fourth-order valence-electron chi connectivity index (χ4n) is 7.22. The molecule has 2 fully saturated rings. The van der Waals surface area contributed by atoms with E-state index in [9.17, 15) is 18.8 Å². The summed E-state index contributed by atoms with van der Waals surface area (Å²) in [5.74, 6) is -1.41. The van der Waals surface area contributed by atoms with Gasteiger partial charge in [-0.2, -0.15) is 0 Å². The van der Waals surface area contributed by atoms with E-state index < -0.39 is 47.9 Å². The minimum atomic E-state index is -1.19. The third-order valence-electron chi connectivity index (χ3n) is 10.3. The van der Waals surface area contributed by atoms with Gasteiger partial charge in [0.15, 0.2) is 0 Å². The quantitative estimate of drug-likeness (QED) is 0.0945. The van der Waals surface area contributed by atoms with Crippen LogP contribution in [0.2, 0.25) is 0 Å². The summed E-state index contributed by atoms with van der Waals surface area (Å²) in [6.45, 7) is 10.3. The third kappa shape index (κ3) is 14.0. The van der Waals surface area contributed by atoms with Crippen molar-refractivity contribution in [1.29, 1.82) is 0 Å². The van der Waals surface area contributed by atoms with Crippen molar-refractivity contribution in [3.8, 4) is 11.3 Å². The van der Waals surface area contributed by atoms with Crippen LogP contribution in [0.3, 0.4) is 0 Å². The zero-order valence-corrected chi connectivity index (χ0v) is 34.4. The van der Waals surface area contributed by atoms with Crippen LogP contribution < -0.4 is 21.3 Å². The molecule has 320 valence electrons. The Kier molecular flexibility index (Phi) is 19.3. The molecule has 58 heavy (non-hydrogen) atoms. The molecule has 2 aliphatic rings. The Morgan fingerprint density at radius 2 is 1.71 bits per heavy atom. The van der Waals surface area contributed by atoms with E-state index in [0.717, 1.165) is 49.4 Å². The predicted molar refractivity (Wildman–Crippen MR) is 218 cm³/mol. The molecular formula is C43H62F3N7O5. The highest BCUT2D eigenvalue weighted by Gasteiger charge is 2.40. The summed E-state index contributed by atoms with van der Waals surface area (Å²) >= 11 is 0. The number of aromatic nitrogens is 2. The van der Waals surface area contributed by atoms with Gasteiger partial charge in [0.1, 0.15) is 30.2 Å². The van der Waals surface area contributed by atoms with Crippen LogP contribution >= 0.6 is 0 Å². The average molecular weight is 814 g/mol. The average Bonchev–Trinajstić information content (AvgIpc) is 3.84. The highest BCUT2D eigenvalue weighted by Crippen LogP contribution is 2.38. The number of carbonyl (C=O) groups excluding carboxylic acids is 3. The van der Waals surface area contributed by atoms with Crippen LogP contribution in [-0.2, 0) is 20.8 Å². The second-order valence-electron chi connectivity index (χ2n) is 14.7. The van der Waals surface area contributed by atoms with Gasteiger partial charge in [-0.1, -0.05) is 63.9 Å². The van der Waals surface area contributed by atoms with Crippen molar-refractivity contribution in [3.05, 3.63) is 77.8 Å². The molecule has 15 heteroatoms. The number of alkyl carbamates (subject to hydrolysis) is 1. The number of hydrogen-bond acceptors (Lipinski definition) is 7. The van der Waals surface area contributed by atoms with Gasteiger partial charge in [0.2, 0.25) is 5.91 Å². The number of imidazole rings is 1. The molecule has 12 nitrogen and oxygen atoms in total. The molecule has 2 aromatic carbocycles. The van der Waals surface area contributed by atoms with E-state index in [2.05, 4.69) is 21.3 Å². The molecule has 2 aliphatic heterocycles. The third-order valence-corrected chi connectivity index (χ3v) is 10.3. The van der Waals surface area contributed by atoms with E-state index in [-0.39, 0.29) is 42.8 Å². The Balaban J connectivity index is 0.00000366. The second kappa shape index (κ2) is 24.3. The summed E-state index contributed by atoms with van der Waals surface area (Å²) in [7, 11) is 0. The molecule has 0 bridgehead atoms. The van der Waals surface area contributed by atoms with Crippen molar-refractivity contribution in [1.82, 2.24) is 35.7 Å². The molecule has 0 radical (unpaired) electrons. The van der Waals surface area contributed by atoms with Gasteiger partial charge >= 0.3 is 12.1 Å². The minimum Gasteiger partial charge on any atom is -0.447 e. The fourth-order valence-corrected chi connectivity index (χ4v) is 7.22. The Labute approximate surface area is 341 Å². The fraction of sp³-hybridized carbons (Fsp3) is 0.581. The molecule has 4 unspecified atom stereocenters. The maximum Gasteiger partial charge on any atom is 0.407 e. The number of benzene rings is 2. The van der Waals surface area contributed by atoms with Crippen LogP contribution in [0.25, 0.3) is 11.3 Å². The Morgan fingerprint density at radius 1 is 1.00 bits per heavy atom. The van der Waals surface area contributed by atoms with Crippen LogP contribution in [0.1, 0.15) is 90.1 Å². The summed E-state index contributed by atoms with van der Waals surface area (Å²) < 4.78 is 58.0. The normalized spacial score (nSPS) is 17.7. The molecule has 3 aromatic rings. The Morgan fingerprint density at radius 3 is 2.38 bits per heavy atom. The predicted octanol–water partition coefficient (Wildman–Crippen LogP) is 7.14. The summed E-state index contributed by atoms with van der Waals surface area (Å²) in [6, 6.07) is 11.1. The Bertz CT molecular complexity index is 1710. The summed E-state index contributed by atoms with van der Waals surface area (Å²) in [6.07, 6.45) is 4.96. The number of alkyl halides is 1. The molecule has 4 atom stereocenters. The lowest BCUT2D eigenvalue weighted by molar-refractivity contribution is -0.120. The smallest absolute Gasteiger partial charge is 0.407 e. The lowest BCUT2D eigenvalue weighted by Gasteiger charge is -2.40. The number of carbonyl (C=O) groups is 3. The molecular weight excluding hydrogens is 752 g/mol. The first-order valence-electron chi connectivity index (χ1n) is 20.9. The van der Waals surface area contributed by atoms with Gasteiger partial charge in [0.25, 0.3) is 0 Å². The first-order valence-corrected chi connectivity index (χ1v) is 20.9. The SMILES string of the molecule is CC.CCC(=O)NCCCCCCNC(=O)OCC(C)NC(=O)N(CC1CNCC1F)C(c1nc(-c2cc(F)ccc2F)cn1Cc1ccccc1)C1CCOCC1. The highest BCUT2D eigenvalue weighted by molar-refractivity contribution is 5.76. The summed E-state index contributed by atoms with van der Waals surface area (Å²) in [5, 5.41) is 11.7. The number of amides is 4. The first-order chi connectivity index (χ1) is 28.1. The lowest BCUT2D eigenvalue weighted by atomic mass is 9.89. The van der Waals surface area contributed by atoms with E-state index in [4.69, 9.17) is 14.5 Å². The number of urea groups is 1. The maximum absolute atomic E-state index is 15.3. The number of nitrogens with zero attached hydrogens (tertiary/aromatic N) is 3. The Hall–Kier alpha value is -4.63. The number of halogens is 3. The van der Waals surface area contributed by atoms with Gasteiger partial charge in [0, 0.05) is 76.6 Å². The van der Waals surface area contributed by atoms with Crippen molar-refractivity contribution in [2.75, 3.05) is 52.5 Å². The van der Waals surface area contributed by atoms with Crippen molar-refractivity contribution in [3.63, 3.8) is 0 Å². The topological polar surface area (TPSA) is 139 Å². The largest absolute Gasteiger partial charge is 0.447 e. The van der Waals surface area contributed by atoms with Gasteiger partial charge < -0.3 is 40.2 Å². The van der Waals surface area contributed by atoms with E-state index in [0.29, 0.717) is 64.5 Å². The number of unbranched alkanes of at least 4 members (excludes halogenated alkanes) is 3. The van der Waals surface area contributed by atoms with Gasteiger partial charge in [-0.15, -0.1) is 0 Å². The molecule has 0 saturated carbocycles. The van der Waals surface area contributed by atoms with E-state index >= 15 is 8.78 Å². The molecule has 4 amide bonds. The van der Waals surface area contributed by atoms with E-state index in [1.807, 2.05) is 55.7 Å².